The van der Waals surface area contributed by atoms with Crippen LogP contribution in [0.3, 0.4) is 0 Å². The lowest BCUT2D eigenvalue weighted by Gasteiger charge is -2.36. The number of hydrogen-bond donors (Lipinski definition) is 3. The van der Waals surface area contributed by atoms with Gasteiger partial charge in [-0.15, -0.1) is 0 Å². The normalized spacial score (nSPS) is 40.4. The number of nitrogens with one attached hydrogen (secondary N) is 1. The van der Waals surface area contributed by atoms with E-state index >= 15 is 0 Å². The number of carboxylic acid groups (broad SMARTS) is 1. The Kier molecular flexibility index (Phi) is 3.43. The van der Waals surface area contributed by atoms with Crippen LogP contribution in [0.5, 0.6) is 0 Å². The number of nitrogens with two attached hydrogens (primary N) is 1. The van der Waals surface area contributed by atoms with E-state index in [0.29, 0.717) is 5.75 Å². The van der Waals surface area contributed by atoms with Crippen LogP contribution in [0.2, 0.25) is 0 Å². The molecule has 1 saturated heterocycles. The van der Waals surface area contributed by atoms with Gasteiger partial charge in [-0.25, -0.2) is 13.1 Å². The van der Waals surface area contributed by atoms with Crippen molar-refractivity contribution >= 4 is 16.0 Å². The van der Waals surface area contributed by atoms with Gasteiger partial charge in [0.1, 0.15) is 0 Å². The number of sulfonamides is 1. The van der Waals surface area contributed by atoms with Gasteiger partial charge in [-0.1, -0.05) is 13.8 Å². The maximum atomic E-state index is 11.6. The molecule has 0 aromatic heterocycles. The van der Waals surface area contributed by atoms with E-state index < -0.39 is 16.0 Å². The molecule has 0 radical (unpaired) electrons. The minimum Gasteiger partial charge on any atom is -0.480 e. The summed E-state index contributed by atoms with van der Waals surface area (Å²) in [4.78, 5) is 9.24. The van der Waals surface area contributed by atoms with Gasteiger partial charge in [0.05, 0.1) is 12.3 Å². The zero-order valence-corrected chi connectivity index (χ0v) is 12.2. The van der Waals surface area contributed by atoms with Gasteiger partial charge in [0.15, 0.2) is 0 Å². The number of rotatable bonds is 1. The lowest BCUT2D eigenvalue weighted by atomic mass is 9.69. The summed E-state index contributed by atoms with van der Waals surface area (Å²) in [6.45, 7) is 4.24. The van der Waals surface area contributed by atoms with Crippen molar-refractivity contribution in [2.75, 3.05) is 12.3 Å². The van der Waals surface area contributed by atoms with Gasteiger partial charge in [-0.3, -0.25) is 4.79 Å². The van der Waals surface area contributed by atoms with Crippen molar-refractivity contribution in [3.05, 3.63) is 0 Å². The van der Waals surface area contributed by atoms with Crippen LogP contribution in [0.25, 0.3) is 0 Å². The summed E-state index contributed by atoms with van der Waals surface area (Å²) >= 11 is 0. The molecule has 0 amide bonds. The van der Waals surface area contributed by atoms with Crippen LogP contribution < -0.4 is 10.5 Å². The average Bonchev–Trinajstić information content (AvgIpc) is 2.77. The molecule has 7 heteroatoms. The summed E-state index contributed by atoms with van der Waals surface area (Å²) in [6, 6.07) is 0.237. The second-order valence-electron chi connectivity index (χ2n) is 6.38. The molecule has 3 atom stereocenters. The number of aliphatic carboxylic acids is 1. The van der Waals surface area contributed by atoms with E-state index in [1.807, 2.05) is 0 Å². The molecule has 110 valence electrons. The van der Waals surface area contributed by atoms with Crippen LogP contribution in [0.15, 0.2) is 0 Å². The Morgan fingerprint density at radius 3 is 2.47 bits per heavy atom. The van der Waals surface area contributed by atoms with Crippen molar-refractivity contribution in [2.45, 2.75) is 39.2 Å². The smallest absolute Gasteiger partial charge is 0.317 e. The Hall–Kier alpha value is -0.660. The summed E-state index contributed by atoms with van der Waals surface area (Å²) in [6.07, 6.45) is 3.38. The monoisotopic (exact) mass is 290 g/mol. The molecule has 3 fully saturated rings. The van der Waals surface area contributed by atoms with Gasteiger partial charge in [0.25, 0.3) is 0 Å². The van der Waals surface area contributed by atoms with E-state index in [9.17, 15) is 13.2 Å². The number of fused-ring (bicyclic) bond motifs is 1. The fourth-order valence-electron chi connectivity index (χ4n) is 4.18. The Morgan fingerprint density at radius 1 is 1.47 bits per heavy atom. The number of hydrogen-bond acceptors (Lipinski definition) is 4. The third-order valence-corrected chi connectivity index (χ3v) is 6.91. The Balaban J connectivity index is 0.000000232. The van der Waals surface area contributed by atoms with Crippen LogP contribution in [-0.4, -0.2) is 37.8 Å². The van der Waals surface area contributed by atoms with E-state index in [2.05, 4.69) is 24.3 Å². The van der Waals surface area contributed by atoms with E-state index in [0.717, 1.165) is 18.8 Å². The molecule has 2 saturated carbocycles. The van der Waals surface area contributed by atoms with Gasteiger partial charge in [0, 0.05) is 11.5 Å². The summed E-state index contributed by atoms with van der Waals surface area (Å²) in [5.41, 5.74) is 4.84. The topological polar surface area (TPSA) is 109 Å². The first-order chi connectivity index (χ1) is 8.64. The quantitative estimate of drug-likeness (QED) is 0.636. The molecular weight excluding hydrogens is 268 g/mol. The fraction of sp³-hybridized carbons (Fsp3) is 0.917. The van der Waals surface area contributed by atoms with Crippen molar-refractivity contribution in [1.82, 2.24) is 4.72 Å². The molecule has 2 bridgehead atoms. The van der Waals surface area contributed by atoms with Crippen LogP contribution in [0, 0.1) is 16.7 Å². The Morgan fingerprint density at radius 2 is 2.05 bits per heavy atom. The zero-order valence-electron chi connectivity index (χ0n) is 11.3. The van der Waals surface area contributed by atoms with Gasteiger partial charge >= 0.3 is 5.97 Å². The summed E-state index contributed by atoms with van der Waals surface area (Å²) in [5.74, 6) is 0.134. The first kappa shape index (κ1) is 14.7. The number of carbonyl (C=O) groups is 1. The molecule has 2 aliphatic carbocycles. The Bertz CT molecular complexity index is 488. The maximum absolute atomic E-state index is 11.6. The highest BCUT2D eigenvalue weighted by Gasteiger charge is 2.68. The molecule has 6 nitrogen and oxygen atoms in total. The average molecular weight is 290 g/mol. The first-order valence-electron chi connectivity index (χ1n) is 6.56. The first-order valence-corrected chi connectivity index (χ1v) is 8.22. The molecule has 4 N–H and O–H groups in total. The van der Waals surface area contributed by atoms with Crippen molar-refractivity contribution in [1.29, 1.82) is 0 Å². The molecule has 1 aliphatic heterocycles. The summed E-state index contributed by atoms with van der Waals surface area (Å²) < 4.78 is 26.0. The standard InChI is InChI=1S/C10H17NO2S.C2H5NO2/c1-9(2)7-3-4-10(9)6-14(12,13)11-8(10)5-7;3-1-2(4)5/h7-8,11H,3-6H2,1-2H3;1,3H2,(H,4,5)/t7?,8-,10?;/m1./s1. The maximum Gasteiger partial charge on any atom is 0.317 e. The molecule has 0 aromatic rings. The lowest BCUT2D eigenvalue weighted by molar-refractivity contribution is -0.135. The second-order valence-corrected chi connectivity index (χ2v) is 8.13. The Labute approximate surface area is 113 Å². The van der Waals surface area contributed by atoms with Crippen LogP contribution in [0.4, 0.5) is 0 Å². The third-order valence-electron chi connectivity index (χ3n) is 5.37. The minimum atomic E-state index is -2.97. The molecule has 3 aliphatic rings. The van der Waals surface area contributed by atoms with Crippen molar-refractivity contribution in [2.24, 2.45) is 22.5 Å². The van der Waals surface area contributed by atoms with E-state index in [1.54, 1.807) is 0 Å². The van der Waals surface area contributed by atoms with Crippen LogP contribution in [0.1, 0.15) is 33.1 Å². The molecular formula is C12H22N2O4S. The van der Waals surface area contributed by atoms with E-state index in [4.69, 9.17) is 5.11 Å². The van der Waals surface area contributed by atoms with Crippen LogP contribution >= 0.6 is 0 Å². The largest absolute Gasteiger partial charge is 0.480 e. The summed E-state index contributed by atoms with van der Waals surface area (Å²) in [7, 11) is -2.97. The van der Waals surface area contributed by atoms with E-state index in [1.165, 1.54) is 6.42 Å². The van der Waals surface area contributed by atoms with Crippen molar-refractivity contribution in [3.63, 3.8) is 0 Å². The molecule has 0 aromatic carbocycles. The van der Waals surface area contributed by atoms with Crippen molar-refractivity contribution in [3.8, 4) is 0 Å². The molecule has 3 rings (SSSR count). The predicted octanol–water partition coefficient (Wildman–Crippen LogP) is 0.144. The molecule has 1 heterocycles. The fourth-order valence-corrected chi connectivity index (χ4v) is 6.42. The highest BCUT2D eigenvalue weighted by molar-refractivity contribution is 7.89. The molecule has 2 unspecified atom stereocenters. The predicted molar refractivity (Wildman–Crippen MR) is 71.0 cm³/mol. The SMILES string of the molecule is CC1(C)C2CCC13CS(=O)(=O)N[C@@H]3C2.NCC(=O)O. The minimum absolute atomic E-state index is 0.0521. The third kappa shape index (κ3) is 2.17. The van der Waals surface area contributed by atoms with Crippen molar-refractivity contribution < 1.29 is 18.3 Å². The van der Waals surface area contributed by atoms with Gasteiger partial charge in [-0.05, 0) is 30.6 Å². The number of carboxylic acids is 1. The van der Waals surface area contributed by atoms with Gasteiger partial charge in [-0.2, -0.15) is 0 Å². The second kappa shape index (κ2) is 4.43. The van der Waals surface area contributed by atoms with Gasteiger partial charge < -0.3 is 10.8 Å². The van der Waals surface area contributed by atoms with Crippen LogP contribution in [-0.2, 0) is 14.8 Å². The van der Waals surface area contributed by atoms with E-state index in [-0.39, 0.29) is 23.4 Å². The molecule has 1 spiro atoms. The summed E-state index contributed by atoms with van der Waals surface area (Å²) in [5, 5.41) is 7.60. The lowest BCUT2D eigenvalue weighted by Crippen LogP contribution is -2.39. The molecule has 19 heavy (non-hydrogen) atoms. The highest BCUT2D eigenvalue weighted by Crippen LogP contribution is 2.67. The highest BCUT2D eigenvalue weighted by atomic mass is 32.2. The zero-order chi connectivity index (χ0) is 14.5. The van der Waals surface area contributed by atoms with Gasteiger partial charge in [0.2, 0.25) is 10.0 Å².